The van der Waals surface area contributed by atoms with Crippen molar-refractivity contribution in [3.8, 4) is 10.6 Å². The highest BCUT2D eigenvalue weighted by Crippen LogP contribution is 2.31. The third kappa shape index (κ3) is 2.64. The minimum absolute atomic E-state index is 0.343. The van der Waals surface area contributed by atoms with E-state index in [1.807, 2.05) is 35.7 Å². The summed E-state index contributed by atoms with van der Waals surface area (Å²) in [6.07, 6.45) is 3.25. The van der Waals surface area contributed by atoms with Crippen LogP contribution in [-0.2, 0) is 4.79 Å². The quantitative estimate of drug-likeness (QED) is 0.721. The molecule has 1 saturated heterocycles. The van der Waals surface area contributed by atoms with Gasteiger partial charge in [0.05, 0.1) is 21.0 Å². The van der Waals surface area contributed by atoms with Crippen LogP contribution in [0, 0.1) is 0 Å². The zero-order valence-corrected chi connectivity index (χ0v) is 13.3. The maximum atomic E-state index is 11.7. The first-order valence-electron chi connectivity index (χ1n) is 6.74. The number of benzene rings is 1. The van der Waals surface area contributed by atoms with Crippen LogP contribution in [0.25, 0.3) is 27.6 Å². The van der Waals surface area contributed by atoms with Crippen molar-refractivity contribution in [1.29, 1.82) is 0 Å². The number of nitrogens with one attached hydrogen (secondary N) is 1. The molecule has 0 unspecified atom stereocenters. The molecule has 2 aromatic heterocycles. The van der Waals surface area contributed by atoms with E-state index in [9.17, 15) is 9.59 Å². The van der Waals surface area contributed by atoms with Crippen LogP contribution in [0.5, 0.6) is 0 Å². The van der Waals surface area contributed by atoms with Crippen LogP contribution < -0.4 is 5.32 Å². The van der Waals surface area contributed by atoms with Crippen molar-refractivity contribution < 1.29 is 9.59 Å². The Morgan fingerprint density at radius 2 is 2.04 bits per heavy atom. The van der Waals surface area contributed by atoms with Crippen molar-refractivity contribution >= 4 is 51.2 Å². The highest BCUT2D eigenvalue weighted by molar-refractivity contribution is 8.18. The Bertz CT molecular complexity index is 965. The summed E-state index contributed by atoms with van der Waals surface area (Å²) in [5.41, 5.74) is 2.53. The maximum Gasteiger partial charge on any atom is 0.290 e. The lowest BCUT2D eigenvalue weighted by Gasteiger charge is -2.04. The number of carbonyl (C=O) groups excluding carboxylic acids is 2. The third-order valence-corrected chi connectivity index (χ3v) is 5.04. The van der Waals surface area contributed by atoms with E-state index < -0.39 is 0 Å². The van der Waals surface area contributed by atoms with Crippen LogP contribution in [0.4, 0.5) is 4.79 Å². The molecule has 0 bridgehead atoms. The zero-order valence-electron chi connectivity index (χ0n) is 11.6. The Hall–Kier alpha value is -2.51. The van der Waals surface area contributed by atoms with Gasteiger partial charge in [-0.05, 0) is 47.0 Å². The molecule has 7 heteroatoms. The second kappa shape index (κ2) is 5.60. The second-order valence-electron chi connectivity index (χ2n) is 4.83. The van der Waals surface area contributed by atoms with Gasteiger partial charge >= 0.3 is 0 Å². The van der Waals surface area contributed by atoms with E-state index in [1.54, 1.807) is 23.7 Å². The molecule has 1 aliphatic rings. The Labute approximate surface area is 139 Å². The minimum atomic E-state index is -0.358. The largest absolute Gasteiger partial charge is 0.290 e. The zero-order chi connectivity index (χ0) is 15.8. The highest BCUT2D eigenvalue weighted by atomic mass is 32.2. The molecule has 0 atom stereocenters. The van der Waals surface area contributed by atoms with E-state index in [0.29, 0.717) is 4.91 Å². The maximum absolute atomic E-state index is 11.7. The molecule has 5 nitrogen and oxygen atoms in total. The van der Waals surface area contributed by atoms with Gasteiger partial charge in [0.25, 0.3) is 11.1 Å². The molecule has 4 rings (SSSR count). The SMILES string of the molecule is O=C1NC(=O)/C(=C/c2ccc3ncnc(-c4cccs4)c3c2)S1. The molecule has 3 heterocycles. The van der Waals surface area contributed by atoms with Crippen molar-refractivity contribution in [2.45, 2.75) is 0 Å². The van der Waals surface area contributed by atoms with Gasteiger partial charge in [0, 0.05) is 5.39 Å². The number of imide groups is 1. The first kappa shape index (κ1) is 14.1. The van der Waals surface area contributed by atoms with Gasteiger partial charge < -0.3 is 0 Å². The van der Waals surface area contributed by atoms with Crippen LogP contribution in [0.2, 0.25) is 0 Å². The number of carbonyl (C=O) groups is 2. The topological polar surface area (TPSA) is 72.0 Å². The summed E-state index contributed by atoms with van der Waals surface area (Å²) in [5.74, 6) is -0.358. The van der Waals surface area contributed by atoms with Crippen LogP contribution in [0.1, 0.15) is 5.56 Å². The molecule has 23 heavy (non-hydrogen) atoms. The van der Waals surface area contributed by atoms with E-state index in [4.69, 9.17) is 0 Å². The number of hydrogen-bond acceptors (Lipinski definition) is 6. The molecule has 1 N–H and O–H groups in total. The first-order chi connectivity index (χ1) is 11.2. The first-order valence-corrected chi connectivity index (χ1v) is 8.44. The fourth-order valence-electron chi connectivity index (χ4n) is 2.35. The molecule has 1 aliphatic heterocycles. The van der Waals surface area contributed by atoms with E-state index in [1.165, 1.54) is 0 Å². The fourth-order valence-corrected chi connectivity index (χ4v) is 3.76. The van der Waals surface area contributed by atoms with Gasteiger partial charge in [0.15, 0.2) is 0 Å². The number of fused-ring (bicyclic) bond motifs is 1. The van der Waals surface area contributed by atoms with Gasteiger partial charge in [-0.15, -0.1) is 11.3 Å². The average molecular weight is 339 g/mol. The Balaban J connectivity index is 1.84. The van der Waals surface area contributed by atoms with E-state index in [2.05, 4.69) is 15.3 Å². The number of nitrogens with zero attached hydrogens (tertiary/aromatic N) is 2. The predicted octanol–water partition coefficient (Wildman–Crippen LogP) is 3.68. The summed E-state index contributed by atoms with van der Waals surface area (Å²) < 4.78 is 0. The van der Waals surface area contributed by atoms with Gasteiger partial charge in [-0.3, -0.25) is 14.9 Å². The monoisotopic (exact) mass is 339 g/mol. The smallest absolute Gasteiger partial charge is 0.282 e. The second-order valence-corrected chi connectivity index (χ2v) is 6.79. The van der Waals surface area contributed by atoms with E-state index in [-0.39, 0.29) is 11.1 Å². The molecular formula is C16H9N3O2S2. The molecule has 1 aromatic carbocycles. The summed E-state index contributed by atoms with van der Waals surface area (Å²) >= 11 is 2.52. The lowest BCUT2D eigenvalue weighted by molar-refractivity contribution is -0.115. The Morgan fingerprint density at radius 1 is 1.13 bits per heavy atom. The lowest BCUT2D eigenvalue weighted by Crippen LogP contribution is -2.17. The Morgan fingerprint density at radius 3 is 2.78 bits per heavy atom. The van der Waals surface area contributed by atoms with E-state index in [0.717, 1.165) is 38.8 Å². The molecule has 0 spiro atoms. The summed E-state index contributed by atoms with van der Waals surface area (Å²) in [6.45, 7) is 0. The number of rotatable bonds is 2. The van der Waals surface area contributed by atoms with Crippen LogP contribution in [-0.4, -0.2) is 21.1 Å². The van der Waals surface area contributed by atoms with Crippen molar-refractivity contribution in [3.63, 3.8) is 0 Å². The molecule has 0 aliphatic carbocycles. The molecule has 1 fully saturated rings. The Kier molecular flexibility index (Phi) is 3.44. The molecule has 3 aromatic rings. The van der Waals surface area contributed by atoms with Crippen molar-refractivity contribution in [2.24, 2.45) is 0 Å². The van der Waals surface area contributed by atoms with Gasteiger partial charge in [0.1, 0.15) is 6.33 Å². The van der Waals surface area contributed by atoms with Gasteiger partial charge in [-0.2, -0.15) is 0 Å². The number of thiophene rings is 1. The number of hydrogen-bond donors (Lipinski definition) is 1. The minimum Gasteiger partial charge on any atom is -0.282 e. The summed E-state index contributed by atoms with van der Waals surface area (Å²) in [7, 11) is 0. The molecular weight excluding hydrogens is 330 g/mol. The summed E-state index contributed by atoms with van der Waals surface area (Å²) in [5, 5.41) is 4.82. The number of aromatic nitrogens is 2. The van der Waals surface area contributed by atoms with Gasteiger partial charge in [-0.25, -0.2) is 9.97 Å². The average Bonchev–Trinajstić information content (AvgIpc) is 3.17. The van der Waals surface area contributed by atoms with Crippen molar-refractivity contribution in [1.82, 2.24) is 15.3 Å². The van der Waals surface area contributed by atoms with Crippen LogP contribution >= 0.6 is 23.1 Å². The van der Waals surface area contributed by atoms with Crippen molar-refractivity contribution in [3.05, 3.63) is 52.5 Å². The lowest BCUT2D eigenvalue weighted by atomic mass is 10.1. The number of amides is 2. The number of thioether (sulfide) groups is 1. The van der Waals surface area contributed by atoms with Crippen LogP contribution in [0.3, 0.4) is 0 Å². The molecule has 2 amide bonds. The van der Waals surface area contributed by atoms with Gasteiger partial charge in [0.2, 0.25) is 0 Å². The predicted molar refractivity (Wildman–Crippen MR) is 92.0 cm³/mol. The third-order valence-electron chi connectivity index (χ3n) is 3.35. The van der Waals surface area contributed by atoms with Crippen molar-refractivity contribution in [2.75, 3.05) is 0 Å². The highest BCUT2D eigenvalue weighted by Gasteiger charge is 2.24. The van der Waals surface area contributed by atoms with Crippen LogP contribution in [0.15, 0.2) is 46.9 Å². The summed E-state index contributed by atoms with van der Waals surface area (Å²) in [4.78, 5) is 33.0. The normalized spacial score (nSPS) is 16.3. The standard InChI is InChI=1S/C16H9N3O2S2/c20-15-13(23-16(21)19-15)7-9-3-4-11-10(6-9)14(18-8-17-11)12-2-1-5-22-12/h1-8H,(H,19,20,21)/b13-7-. The van der Waals surface area contributed by atoms with Gasteiger partial charge in [-0.1, -0.05) is 12.1 Å². The summed E-state index contributed by atoms with van der Waals surface area (Å²) in [6, 6.07) is 9.69. The fraction of sp³-hybridized carbons (Fsp3) is 0. The molecule has 112 valence electrons. The van der Waals surface area contributed by atoms with E-state index >= 15 is 0 Å². The molecule has 0 saturated carbocycles. The molecule has 0 radical (unpaired) electrons.